The highest BCUT2D eigenvalue weighted by Crippen LogP contribution is 2.39. The van der Waals surface area contributed by atoms with Gasteiger partial charge in [-0.1, -0.05) is 13.8 Å². The van der Waals surface area contributed by atoms with Crippen LogP contribution in [-0.2, 0) is 4.79 Å². The normalized spacial score (nSPS) is 19.8. The molecule has 1 aliphatic heterocycles. The van der Waals surface area contributed by atoms with E-state index in [0.29, 0.717) is 18.7 Å². The number of nitrogens with zero attached hydrogens (tertiary/aromatic N) is 2. The van der Waals surface area contributed by atoms with Crippen LogP contribution in [0.4, 0.5) is 0 Å². The molecule has 1 aliphatic rings. The molecule has 0 saturated carbocycles. The lowest BCUT2D eigenvalue weighted by molar-refractivity contribution is -0.150. The first kappa shape index (κ1) is 18.4. The Hall–Kier alpha value is -2.41. The molecule has 7 heteroatoms. The van der Waals surface area contributed by atoms with Crippen LogP contribution in [0, 0.1) is 11.3 Å². The van der Waals surface area contributed by atoms with Crippen molar-refractivity contribution in [1.82, 2.24) is 9.88 Å². The van der Waals surface area contributed by atoms with Crippen molar-refractivity contribution in [3.8, 4) is 16.3 Å². The number of carboxylic acid groups (broad SMARTS) is 1. The van der Waals surface area contributed by atoms with Crippen LogP contribution in [0.25, 0.3) is 10.6 Å². The lowest BCUT2D eigenvalue weighted by atomic mass is 9.76. The summed E-state index contributed by atoms with van der Waals surface area (Å²) in [6.45, 7) is 4.46. The van der Waals surface area contributed by atoms with E-state index >= 15 is 0 Å². The Bertz CT molecular complexity index is 815. The number of carbonyl (C=O) groups is 2. The molecule has 138 valence electrons. The van der Waals surface area contributed by atoms with E-state index in [2.05, 4.69) is 4.98 Å². The summed E-state index contributed by atoms with van der Waals surface area (Å²) in [6.07, 6.45) is 0.473. The topological polar surface area (TPSA) is 79.7 Å². The van der Waals surface area contributed by atoms with E-state index in [0.717, 1.165) is 16.3 Å². The molecule has 1 aromatic carbocycles. The number of carboxylic acids is 1. The van der Waals surface area contributed by atoms with Crippen LogP contribution in [0.3, 0.4) is 0 Å². The maximum absolute atomic E-state index is 12.8. The Morgan fingerprint density at radius 1 is 1.31 bits per heavy atom. The molecule has 1 fully saturated rings. The maximum Gasteiger partial charge on any atom is 0.311 e. The Morgan fingerprint density at radius 2 is 2.00 bits per heavy atom. The Balaban J connectivity index is 1.77. The molecule has 0 radical (unpaired) electrons. The quantitative estimate of drug-likeness (QED) is 0.868. The summed E-state index contributed by atoms with van der Waals surface area (Å²) in [5.74, 6) is -0.315. The molecule has 1 saturated heterocycles. The van der Waals surface area contributed by atoms with Crippen LogP contribution >= 0.6 is 11.3 Å². The van der Waals surface area contributed by atoms with Gasteiger partial charge in [0.15, 0.2) is 0 Å². The lowest BCUT2D eigenvalue weighted by Gasteiger charge is -2.28. The minimum absolute atomic E-state index is 0.0388. The van der Waals surface area contributed by atoms with Crippen molar-refractivity contribution in [2.45, 2.75) is 20.3 Å². The summed E-state index contributed by atoms with van der Waals surface area (Å²) in [4.78, 5) is 30.6. The molecule has 1 unspecified atom stereocenters. The third-order valence-corrected chi connectivity index (χ3v) is 6.07. The van der Waals surface area contributed by atoms with E-state index in [9.17, 15) is 14.7 Å². The van der Waals surface area contributed by atoms with Crippen LogP contribution < -0.4 is 4.74 Å². The van der Waals surface area contributed by atoms with E-state index < -0.39 is 11.4 Å². The number of thiazole rings is 1. The molecule has 6 nitrogen and oxygen atoms in total. The van der Waals surface area contributed by atoms with Gasteiger partial charge in [0.2, 0.25) is 0 Å². The monoisotopic (exact) mass is 374 g/mol. The predicted octanol–water partition coefficient (Wildman–Crippen LogP) is 3.39. The number of hydrogen-bond donors (Lipinski definition) is 1. The van der Waals surface area contributed by atoms with Gasteiger partial charge in [-0.05, 0) is 36.6 Å². The van der Waals surface area contributed by atoms with E-state index in [4.69, 9.17) is 4.74 Å². The van der Waals surface area contributed by atoms with Gasteiger partial charge in [-0.3, -0.25) is 9.59 Å². The second-order valence-corrected chi connectivity index (χ2v) is 7.72. The van der Waals surface area contributed by atoms with Crippen molar-refractivity contribution in [3.05, 3.63) is 35.3 Å². The molecular weight excluding hydrogens is 352 g/mol. The number of aliphatic carboxylic acids is 1. The van der Waals surface area contributed by atoms with Crippen molar-refractivity contribution in [3.63, 3.8) is 0 Å². The number of amides is 1. The average Bonchev–Trinajstić information content (AvgIpc) is 3.29. The first-order chi connectivity index (χ1) is 12.4. The smallest absolute Gasteiger partial charge is 0.311 e. The van der Waals surface area contributed by atoms with Gasteiger partial charge >= 0.3 is 5.97 Å². The van der Waals surface area contributed by atoms with Gasteiger partial charge in [0.05, 0.1) is 12.5 Å². The summed E-state index contributed by atoms with van der Waals surface area (Å²) in [5.41, 5.74) is 0.411. The summed E-state index contributed by atoms with van der Waals surface area (Å²) in [6, 6.07) is 7.50. The van der Waals surface area contributed by atoms with E-state index in [-0.39, 0.29) is 18.4 Å². The highest BCUT2D eigenvalue weighted by Gasteiger charge is 2.48. The van der Waals surface area contributed by atoms with Gasteiger partial charge in [-0.2, -0.15) is 0 Å². The minimum Gasteiger partial charge on any atom is -0.497 e. The number of carbonyl (C=O) groups excluding carboxylic acids is 1. The Labute approximate surface area is 156 Å². The van der Waals surface area contributed by atoms with Gasteiger partial charge in [0.25, 0.3) is 5.91 Å². The highest BCUT2D eigenvalue weighted by atomic mass is 32.1. The molecule has 26 heavy (non-hydrogen) atoms. The van der Waals surface area contributed by atoms with Gasteiger partial charge in [-0.15, -0.1) is 11.3 Å². The average molecular weight is 374 g/mol. The van der Waals surface area contributed by atoms with Crippen molar-refractivity contribution >= 4 is 23.2 Å². The third-order valence-electron chi connectivity index (χ3n) is 5.18. The van der Waals surface area contributed by atoms with Gasteiger partial charge in [0, 0.05) is 24.0 Å². The van der Waals surface area contributed by atoms with E-state index in [1.165, 1.54) is 11.3 Å². The number of benzene rings is 1. The SMILES string of the molecule is COc1ccc(-c2nc(C(=O)N3CCC(C(=O)O)(C(C)C)C3)cs2)cc1. The van der Waals surface area contributed by atoms with Crippen molar-refractivity contribution in [1.29, 1.82) is 0 Å². The zero-order chi connectivity index (χ0) is 18.9. The van der Waals surface area contributed by atoms with Gasteiger partial charge in [0.1, 0.15) is 16.5 Å². The van der Waals surface area contributed by atoms with Crippen LogP contribution in [0.15, 0.2) is 29.6 Å². The van der Waals surface area contributed by atoms with Crippen molar-refractivity contribution in [2.24, 2.45) is 11.3 Å². The first-order valence-corrected chi connectivity index (χ1v) is 9.38. The molecule has 2 aromatic rings. The Morgan fingerprint density at radius 3 is 2.54 bits per heavy atom. The molecule has 0 bridgehead atoms. The highest BCUT2D eigenvalue weighted by molar-refractivity contribution is 7.13. The minimum atomic E-state index is -0.871. The zero-order valence-corrected chi connectivity index (χ0v) is 15.9. The summed E-state index contributed by atoms with van der Waals surface area (Å²) in [7, 11) is 1.61. The van der Waals surface area contributed by atoms with Crippen LogP contribution in [0.1, 0.15) is 30.8 Å². The van der Waals surface area contributed by atoms with Gasteiger partial charge < -0.3 is 14.7 Å². The number of ether oxygens (including phenoxy) is 1. The van der Waals surface area contributed by atoms with Crippen molar-refractivity contribution in [2.75, 3.05) is 20.2 Å². The van der Waals surface area contributed by atoms with E-state index in [1.807, 2.05) is 38.1 Å². The molecule has 0 spiro atoms. The maximum atomic E-state index is 12.8. The van der Waals surface area contributed by atoms with Crippen LogP contribution in [-0.4, -0.2) is 47.1 Å². The molecular formula is C19H22N2O4S. The second kappa shape index (κ2) is 7.07. The van der Waals surface area contributed by atoms with Crippen molar-refractivity contribution < 1.29 is 19.4 Å². The number of aromatic nitrogens is 1. The summed E-state index contributed by atoms with van der Waals surface area (Å²) >= 11 is 1.40. The molecule has 1 aromatic heterocycles. The lowest BCUT2D eigenvalue weighted by Crippen LogP contribution is -2.40. The molecule has 1 amide bonds. The zero-order valence-electron chi connectivity index (χ0n) is 15.1. The van der Waals surface area contributed by atoms with Gasteiger partial charge in [-0.25, -0.2) is 4.98 Å². The second-order valence-electron chi connectivity index (χ2n) is 6.86. The Kier molecular flexibility index (Phi) is 5.00. The third kappa shape index (κ3) is 3.19. The largest absolute Gasteiger partial charge is 0.497 e. The number of rotatable bonds is 5. The predicted molar refractivity (Wildman–Crippen MR) is 99.5 cm³/mol. The summed E-state index contributed by atoms with van der Waals surface area (Å²) < 4.78 is 5.15. The van der Waals surface area contributed by atoms with E-state index in [1.54, 1.807) is 17.4 Å². The van der Waals surface area contributed by atoms with Crippen LogP contribution in [0.2, 0.25) is 0 Å². The standard InChI is InChI=1S/C19H22N2O4S/c1-12(2)19(18(23)24)8-9-21(11-19)17(22)15-10-26-16(20-15)13-4-6-14(25-3)7-5-13/h4-7,10,12H,8-9,11H2,1-3H3,(H,23,24). The molecule has 2 heterocycles. The molecule has 1 N–H and O–H groups in total. The fraction of sp³-hybridized carbons (Fsp3) is 0.421. The fourth-order valence-electron chi connectivity index (χ4n) is 3.30. The van der Waals surface area contributed by atoms with Crippen LogP contribution in [0.5, 0.6) is 5.75 Å². The molecule has 3 rings (SSSR count). The number of hydrogen-bond acceptors (Lipinski definition) is 5. The fourth-order valence-corrected chi connectivity index (χ4v) is 4.10. The summed E-state index contributed by atoms with van der Waals surface area (Å²) in [5, 5.41) is 12.1. The first-order valence-electron chi connectivity index (χ1n) is 8.50. The number of methoxy groups -OCH3 is 1. The number of likely N-dealkylation sites (tertiary alicyclic amines) is 1. The molecule has 1 atom stereocenters. The molecule has 0 aliphatic carbocycles.